The van der Waals surface area contributed by atoms with Gasteiger partial charge in [0.15, 0.2) is 5.69 Å². The lowest BCUT2D eigenvalue weighted by molar-refractivity contribution is 0.622. The van der Waals surface area contributed by atoms with Crippen molar-refractivity contribution < 1.29 is 4.39 Å². The summed E-state index contributed by atoms with van der Waals surface area (Å²) >= 11 is 3.60. The SMILES string of the molecule is CC(C)C1=CN=CC1.CC(C)c1cccc(C2CC2)c1.CC(C)c1ccccc1.CC(C)c1cccnc1.CC(C)c1cccs1.CC(C)c1ccsc1.Cc1cc(F)cc(C(C)C)c1.Cc1cccc(C(C)C)c1.[C-]#[N+]c1cccc(C(C)C)c1. The molecule has 2 aliphatic rings. The number of nitrogens with zero attached hydrogens (tertiary/aromatic N) is 3. The van der Waals surface area contributed by atoms with Crippen LogP contribution in [-0.4, -0.2) is 11.2 Å². The van der Waals surface area contributed by atoms with E-state index >= 15 is 0 Å². The zero-order chi connectivity index (χ0) is 64.1. The Hall–Kier alpha value is -6.52. The third-order valence-electron chi connectivity index (χ3n) is 14.3. The van der Waals surface area contributed by atoms with Gasteiger partial charge in [-0.1, -0.05) is 257 Å². The summed E-state index contributed by atoms with van der Waals surface area (Å²) in [5.41, 5.74) is 15.5. The van der Waals surface area contributed by atoms with Crippen molar-refractivity contribution in [2.45, 2.75) is 211 Å². The first kappa shape index (κ1) is 75.6. The van der Waals surface area contributed by atoms with Crippen LogP contribution in [0.3, 0.4) is 0 Å². The number of aliphatic imine (C=N–C) groups is 1. The van der Waals surface area contributed by atoms with Gasteiger partial charge in [-0.25, -0.2) is 9.24 Å². The van der Waals surface area contributed by atoms with E-state index in [4.69, 9.17) is 6.57 Å². The number of thiophene rings is 2. The topological polar surface area (TPSA) is 29.6 Å². The molecule has 1 aliphatic heterocycles. The Morgan fingerprint density at radius 3 is 1.37 bits per heavy atom. The van der Waals surface area contributed by atoms with Crippen LogP contribution in [0.5, 0.6) is 0 Å². The van der Waals surface area contributed by atoms with E-state index in [1.54, 1.807) is 35.2 Å². The van der Waals surface area contributed by atoms with E-state index in [-0.39, 0.29) is 5.82 Å². The summed E-state index contributed by atoms with van der Waals surface area (Å²) in [4.78, 5) is 12.8. The Kier molecular flexibility index (Phi) is 37.2. The van der Waals surface area contributed by atoms with Gasteiger partial charge in [-0.15, -0.1) is 11.3 Å². The summed E-state index contributed by atoms with van der Waals surface area (Å²) in [5.74, 6) is 6.33. The van der Waals surface area contributed by atoms with Gasteiger partial charge < -0.3 is 0 Å². The molecular weight excluding hydrogens is 1090 g/mol. The lowest BCUT2D eigenvalue weighted by Crippen LogP contribution is -1.89. The van der Waals surface area contributed by atoms with Gasteiger partial charge in [0, 0.05) is 36.1 Å². The minimum Gasteiger partial charge on any atom is -0.269 e. The van der Waals surface area contributed by atoms with Crippen LogP contribution >= 0.6 is 22.7 Å². The predicted octanol–water partition coefficient (Wildman–Crippen LogP) is 26.2. The largest absolute Gasteiger partial charge is 0.269 e. The molecular formula is C80H108FN3S2. The molecule has 5 aromatic carbocycles. The van der Waals surface area contributed by atoms with Crippen molar-refractivity contribution in [3.8, 4) is 0 Å². The van der Waals surface area contributed by atoms with Gasteiger partial charge in [0.2, 0.25) is 0 Å². The molecule has 462 valence electrons. The molecule has 0 saturated heterocycles. The smallest absolute Gasteiger partial charge is 0.187 e. The van der Waals surface area contributed by atoms with Crippen LogP contribution in [0.25, 0.3) is 4.85 Å². The van der Waals surface area contributed by atoms with E-state index < -0.39 is 0 Å². The predicted molar refractivity (Wildman–Crippen MR) is 381 cm³/mol. The molecule has 1 fully saturated rings. The van der Waals surface area contributed by atoms with Gasteiger partial charge in [0.25, 0.3) is 0 Å². The molecule has 0 atom stereocenters. The van der Waals surface area contributed by atoms with Gasteiger partial charge in [0.1, 0.15) is 5.82 Å². The van der Waals surface area contributed by atoms with Crippen molar-refractivity contribution in [1.82, 2.24) is 4.98 Å². The number of hydrogen-bond donors (Lipinski definition) is 0. The van der Waals surface area contributed by atoms with Gasteiger partial charge in [0.05, 0.1) is 6.57 Å². The van der Waals surface area contributed by atoms with E-state index in [1.807, 2.05) is 73.3 Å². The highest BCUT2D eigenvalue weighted by Crippen LogP contribution is 2.40. The molecule has 3 nitrogen and oxygen atoms in total. The van der Waals surface area contributed by atoms with Crippen LogP contribution in [0, 0.1) is 32.2 Å². The average Bonchev–Trinajstić information content (AvgIpc) is 3.50. The molecule has 6 heteroatoms. The highest BCUT2D eigenvalue weighted by atomic mass is 32.1. The van der Waals surface area contributed by atoms with Crippen molar-refractivity contribution in [2.24, 2.45) is 10.9 Å². The van der Waals surface area contributed by atoms with Gasteiger partial charge in [-0.3, -0.25) is 9.98 Å². The molecule has 0 spiro atoms. The molecule has 10 rings (SSSR count). The summed E-state index contributed by atoms with van der Waals surface area (Å²) in [6.07, 6.45) is 11.5. The van der Waals surface area contributed by atoms with Crippen molar-refractivity contribution in [1.29, 1.82) is 0 Å². The third kappa shape index (κ3) is 32.8. The molecule has 0 bridgehead atoms. The molecule has 4 heterocycles. The van der Waals surface area contributed by atoms with E-state index in [0.717, 1.165) is 29.2 Å². The quantitative estimate of drug-likeness (QED) is 0.126. The fraction of sp³-hybridized carbons (Fsp3) is 0.412. The number of pyridine rings is 1. The molecule has 1 aliphatic carbocycles. The summed E-state index contributed by atoms with van der Waals surface area (Å²) < 4.78 is 12.8. The fourth-order valence-electron chi connectivity index (χ4n) is 8.19. The molecule has 0 N–H and O–H groups in total. The Morgan fingerprint density at radius 1 is 0.465 bits per heavy atom. The van der Waals surface area contributed by atoms with E-state index in [2.05, 4.69) is 266 Å². The van der Waals surface area contributed by atoms with Crippen LogP contribution in [0.1, 0.15) is 258 Å². The molecule has 0 radical (unpaired) electrons. The first-order valence-electron chi connectivity index (χ1n) is 31.4. The number of aromatic nitrogens is 1. The normalized spacial score (nSPS) is 11.8. The van der Waals surface area contributed by atoms with Crippen LogP contribution < -0.4 is 0 Å². The Bertz CT molecular complexity index is 2980. The summed E-state index contributed by atoms with van der Waals surface area (Å²) in [6.45, 7) is 50.2. The second-order valence-electron chi connectivity index (χ2n) is 25.0. The second-order valence-corrected chi connectivity index (χ2v) is 26.8. The molecule has 1 saturated carbocycles. The standard InChI is InChI=1S/C12H16.C10H13F.C10H11N.C10H14.C9H12.C8H11N.C7H11N.2C7H10S/c1-9(2)11-4-3-5-12(8-11)10-6-7-10;1-7(2)9-4-8(3)5-10(11)6-9;1-8(2)9-5-4-6-10(7-9)11-3;1-8(2)10-6-4-5-9(3)7-10;1-8(2)9-6-4-3-5-7-9;1-7(2)8-4-3-5-9-6-8;2*1-6(2)7-3-4-8-5-7;1-6(2)7-4-3-5-8-7/h3-5,8-10H,6-7H2,1-2H3;4-7H,1-3H3;4-8H,1-2H3;4-8H,1-3H3;3-8H,1-2H3;3-7H,1-2H3;4-6H,3H2,1-2H3;2*3-6H,1-2H3. The van der Waals surface area contributed by atoms with Crippen LogP contribution in [0.2, 0.25) is 0 Å². The number of benzene rings is 5. The highest BCUT2D eigenvalue weighted by molar-refractivity contribution is 7.10. The molecule has 8 aromatic rings. The molecule has 0 amide bonds. The van der Waals surface area contributed by atoms with Gasteiger partial charge >= 0.3 is 0 Å². The van der Waals surface area contributed by atoms with E-state index in [0.29, 0.717) is 53.3 Å². The maximum absolute atomic E-state index is 12.8. The number of hydrogen-bond acceptors (Lipinski definition) is 4. The zero-order valence-corrected chi connectivity index (χ0v) is 58.0. The fourth-order valence-corrected chi connectivity index (χ4v) is 9.76. The van der Waals surface area contributed by atoms with Crippen LogP contribution in [0.15, 0.2) is 197 Å². The van der Waals surface area contributed by atoms with Crippen molar-refractivity contribution in [3.63, 3.8) is 0 Å². The number of aryl methyl sites for hydroxylation is 2. The lowest BCUT2D eigenvalue weighted by Gasteiger charge is -2.06. The molecule has 0 unspecified atom stereocenters. The minimum atomic E-state index is -0.131. The third-order valence-corrected chi connectivity index (χ3v) is 16.2. The van der Waals surface area contributed by atoms with E-state index in [1.165, 1.54) is 62.2 Å². The highest BCUT2D eigenvalue weighted by Gasteiger charge is 2.23. The Balaban J connectivity index is 0.000000331. The first-order chi connectivity index (χ1) is 40.8. The summed E-state index contributed by atoms with van der Waals surface area (Å²) in [5, 5.41) is 6.44. The Labute approximate surface area is 532 Å². The van der Waals surface area contributed by atoms with Crippen molar-refractivity contribution >= 4 is 34.6 Å². The molecule has 86 heavy (non-hydrogen) atoms. The van der Waals surface area contributed by atoms with Crippen molar-refractivity contribution in [2.75, 3.05) is 0 Å². The maximum Gasteiger partial charge on any atom is 0.187 e. The number of allylic oxidation sites excluding steroid dienone is 1. The molecule has 3 aromatic heterocycles. The van der Waals surface area contributed by atoms with Gasteiger partial charge in [-0.2, -0.15) is 11.3 Å². The van der Waals surface area contributed by atoms with Crippen molar-refractivity contribution in [3.05, 3.63) is 270 Å². The monoisotopic (exact) mass is 1190 g/mol. The Morgan fingerprint density at radius 2 is 1.00 bits per heavy atom. The summed E-state index contributed by atoms with van der Waals surface area (Å²) in [7, 11) is 0. The minimum absolute atomic E-state index is 0.131. The maximum atomic E-state index is 12.8. The first-order valence-corrected chi connectivity index (χ1v) is 33.3. The summed E-state index contributed by atoms with van der Waals surface area (Å²) in [6, 6.07) is 51.7. The van der Waals surface area contributed by atoms with Crippen LogP contribution in [-0.2, 0) is 0 Å². The number of rotatable bonds is 10. The number of halogens is 1. The lowest BCUT2D eigenvalue weighted by atomic mass is 9.99. The van der Waals surface area contributed by atoms with E-state index in [9.17, 15) is 4.39 Å². The zero-order valence-electron chi connectivity index (χ0n) is 56.4. The average molecular weight is 1190 g/mol. The second kappa shape index (κ2) is 42.3. The van der Waals surface area contributed by atoms with Gasteiger partial charge in [-0.05, 0) is 182 Å². The van der Waals surface area contributed by atoms with Crippen LogP contribution in [0.4, 0.5) is 10.1 Å².